The number of methoxy groups -OCH3 is 1. The van der Waals surface area contributed by atoms with E-state index < -0.39 is 23.2 Å². The van der Waals surface area contributed by atoms with Gasteiger partial charge in [0.2, 0.25) is 5.91 Å². The van der Waals surface area contributed by atoms with Crippen molar-refractivity contribution in [2.45, 2.75) is 12.0 Å². The summed E-state index contributed by atoms with van der Waals surface area (Å²) in [5.74, 6) is -1.97. The molecule has 108 valence electrons. The minimum atomic E-state index is -1.10. The first-order valence-electron chi connectivity index (χ1n) is 6.02. The molecule has 0 aliphatic carbocycles. The zero-order chi connectivity index (χ0) is 14.8. The Hall–Kier alpha value is -1.99. The Morgan fingerprint density at radius 2 is 2.25 bits per heavy atom. The van der Waals surface area contributed by atoms with E-state index in [1.165, 1.54) is 12.1 Å². The van der Waals surface area contributed by atoms with Gasteiger partial charge in [-0.1, -0.05) is 0 Å². The number of amides is 1. The lowest BCUT2D eigenvalue weighted by molar-refractivity contribution is -0.121. The summed E-state index contributed by atoms with van der Waals surface area (Å²) in [6.07, 6.45) is 0.407. The molecule has 1 aliphatic heterocycles. The summed E-state index contributed by atoms with van der Waals surface area (Å²) in [5.41, 5.74) is 4.83. The first kappa shape index (κ1) is 14.4. The van der Waals surface area contributed by atoms with Crippen molar-refractivity contribution in [2.75, 3.05) is 25.6 Å². The van der Waals surface area contributed by atoms with Gasteiger partial charge in [-0.25, -0.2) is 9.18 Å². The van der Waals surface area contributed by atoms with Gasteiger partial charge in [-0.05, 0) is 24.6 Å². The van der Waals surface area contributed by atoms with Gasteiger partial charge in [0.15, 0.2) is 0 Å². The molecule has 1 aromatic carbocycles. The van der Waals surface area contributed by atoms with Gasteiger partial charge in [-0.15, -0.1) is 0 Å². The molecule has 1 atom stereocenters. The summed E-state index contributed by atoms with van der Waals surface area (Å²) in [6, 6.07) is 3.63. The zero-order valence-electron chi connectivity index (χ0n) is 10.9. The van der Waals surface area contributed by atoms with Crippen molar-refractivity contribution >= 4 is 17.6 Å². The van der Waals surface area contributed by atoms with Crippen molar-refractivity contribution in [1.29, 1.82) is 0 Å². The summed E-state index contributed by atoms with van der Waals surface area (Å²) in [7, 11) is 1.15. The van der Waals surface area contributed by atoms with Crippen LogP contribution in [-0.4, -0.2) is 37.7 Å². The predicted octanol–water partition coefficient (Wildman–Crippen LogP) is 0.669. The highest BCUT2D eigenvalue weighted by Crippen LogP contribution is 2.20. The van der Waals surface area contributed by atoms with Crippen LogP contribution in [0.2, 0.25) is 0 Å². The summed E-state index contributed by atoms with van der Waals surface area (Å²) < 4.78 is 23.0. The van der Waals surface area contributed by atoms with E-state index >= 15 is 0 Å². The molecule has 2 rings (SSSR count). The van der Waals surface area contributed by atoms with Gasteiger partial charge < -0.3 is 20.5 Å². The molecule has 1 saturated heterocycles. The van der Waals surface area contributed by atoms with Gasteiger partial charge in [0.25, 0.3) is 0 Å². The van der Waals surface area contributed by atoms with Crippen LogP contribution in [0.3, 0.4) is 0 Å². The molecule has 1 heterocycles. The molecular weight excluding hydrogens is 267 g/mol. The standard InChI is InChI=1S/C13H15FN2O4/c1-19-11(17)9-6-8(2-3-10(9)14)16-12(18)13(15)4-5-20-7-13/h2-3,6H,4-5,7,15H2,1H3,(H,16,18). The van der Waals surface area contributed by atoms with Gasteiger partial charge in [0.05, 0.1) is 19.3 Å². The quantitative estimate of drug-likeness (QED) is 0.795. The van der Waals surface area contributed by atoms with E-state index in [0.29, 0.717) is 13.0 Å². The lowest BCUT2D eigenvalue weighted by atomic mass is 9.99. The molecule has 1 aliphatic rings. The molecular formula is C13H15FN2O4. The number of rotatable bonds is 3. The molecule has 1 aromatic rings. The van der Waals surface area contributed by atoms with Gasteiger partial charge in [0, 0.05) is 12.3 Å². The first-order chi connectivity index (χ1) is 9.46. The minimum Gasteiger partial charge on any atom is -0.465 e. The third kappa shape index (κ3) is 2.78. The lowest BCUT2D eigenvalue weighted by Crippen LogP contribution is -2.51. The van der Waals surface area contributed by atoms with Gasteiger partial charge in [0.1, 0.15) is 11.4 Å². The molecule has 0 radical (unpaired) electrons. The van der Waals surface area contributed by atoms with E-state index in [2.05, 4.69) is 10.1 Å². The molecule has 1 amide bonds. The average Bonchev–Trinajstić information content (AvgIpc) is 2.88. The molecule has 6 nitrogen and oxygen atoms in total. The number of carbonyl (C=O) groups excluding carboxylic acids is 2. The molecule has 7 heteroatoms. The summed E-state index contributed by atoms with van der Waals surface area (Å²) >= 11 is 0. The van der Waals surface area contributed by atoms with Crippen LogP contribution in [0.15, 0.2) is 18.2 Å². The number of anilines is 1. The highest BCUT2D eigenvalue weighted by Gasteiger charge is 2.38. The van der Waals surface area contributed by atoms with E-state index in [4.69, 9.17) is 10.5 Å². The first-order valence-corrected chi connectivity index (χ1v) is 6.02. The molecule has 0 bridgehead atoms. The topological polar surface area (TPSA) is 90.7 Å². The number of hydrogen-bond acceptors (Lipinski definition) is 5. The minimum absolute atomic E-state index is 0.129. The number of esters is 1. The van der Waals surface area contributed by atoms with E-state index in [0.717, 1.165) is 13.2 Å². The van der Waals surface area contributed by atoms with Crippen LogP contribution in [0.5, 0.6) is 0 Å². The molecule has 20 heavy (non-hydrogen) atoms. The molecule has 0 saturated carbocycles. The number of nitrogens with one attached hydrogen (secondary N) is 1. The summed E-state index contributed by atoms with van der Waals surface area (Å²) in [6.45, 7) is 0.546. The van der Waals surface area contributed by atoms with Crippen molar-refractivity contribution in [3.63, 3.8) is 0 Å². The van der Waals surface area contributed by atoms with Crippen molar-refractivity contribution in [3.8, 4) is 0 Å². The van der Waals surface area contributed by atoms with Crippen LogP contribution in [0, 0.1) is 5.82 Å². The fourth-order valence-electron chi connectivity index (χ4n) is 1.88. The molecule has 1 fully saturated rings. The van der Waals surface area contributed by atoms with Crippen LogP contribution < -0.4 is 11.1 Å². The Morgan fingerprint density at radius 1 is 1.50 bits per heavy atom. The Labute approximate surface area is 115 Å². The zero-order valence-corrected chi connectivity index (χ0v) is 10.9. The number of benzene rings is 1. The average molecular weight is 282 g/mol. The van der Waals surface area contributed by atoms with Gasteiger partial charge in [-0.2, -0.15) is 0 Å². The maximum atomic E-state index is 13.5. The normalized spacial score (nSPS) is 21.6. The highest BCUT2D eigenvalue weighted by molar-refractivity contribution is 5.99. The molecule has 0 aromatic heterocycles. The second kappa shape index (κ2) is 5.56. The summed E-state index contributed by atoms with van der Waals surface area (Å²) in [5, 5.41) is 2.55. The van der Waals surface area contributed by atoms with Crippen LogP contribution in [-0.2, 0) is 14.3 Å². The maximum absolute atomic E-state index is 13.5. The Kier molecular flexibility index (Phi) is 4.01. The monoisotopic (exact) mass is 282 g/mol. The smallest absolute Gasteiger partial charge is 0.340 e. The second-order valence-electron chi connectivity index (χ2n) is 4.60. The van der Waals surface area contributed by atoms with Crippen molar-refractivity contribution < 1.29 is 23.5 Å². The Bertz CT molecular complexity index is 541. The second-order valence-corrected chi connectivity index (χ2v) is 4.60. The van der Waals surface area contributed by atoms with E-state index in [1.54, 1.807) is 0 Å². The fraction of sp³-hybridized carbons (Fsp3) is 0.385. The van der Waals surface area contributed by atoms with Crippen LogP contribution in [0.25, 0.3) is 0 Å². The Balaban J connectivity index is 2.17. The maximum Gasteiger partial charge on any atom is 0.340 e. The largest absolute Gasteiger partial charge is 0.465 e. The fourth-order valence-corrected chi connectivity index (χ4v) is 1.88. The molecule has 1 unspecified atom stereocenters. The molecule has 3 N–H and O–H groups in total. The SMILES string of the molecule is COC(=O)c1cc(NC(=O)C2(N)CCOC2)ccc1F. The van der Waals surface area contributed by atoms with Crippen molar-refractivity contribution in [2.24, 2.45) is 5.73 Å². The third-order valence-corrected chi connectivity index (χ3v) is 3.13. The van der Waals surface area contributed by atoms with Crippen LogP contribution in [0.1, 0.15) is 16.8 Å². The lowest BCUT2D eigenvalue weighted by Gasteiger charge is -2.20. The van der Waals surface area contributed by atoms with Crippen LogP contribution in [0.4, 0.5) is 10.1 Å². The summed E-state index contributed by atoms with van der Waals surface area (Å²) in [4.78, 5) is 23.4. The van der Waals surface area contributed by atoms with Crippen molar-refractivity contribution in [3.05, 3.63) is 29.6 Å². The Morgan fingerprint density at radius 3 is 2.85 bits per heavy atom. The molecule has 0 spiro atoms. The van der Waals surface area contributed by atoms with E-state index in [-0.39, 0.29) is 17.9 Å². The number of halogens is 1. The predicted molar refractivity (Wildman–Crippen MR) is 68.7 cm³/mol. The van der Waals surface area contributed by atoms with E-state index in [9.17, 15) is 14.0 Å². The number of nitrogens with two attached hydrogens (primary N) is 1. The highest BCUT2D eigenvalue weighted by atomic mass is 19.1. The number of ether oxygens (including phenoxy) is 2. The number of carbonyl (C=O) groups is 2. The van der Waals surface area contributed by atoms with Gasteiger partial charge in [-0.3, -0.25) is 4.79 Å². The van der Waals surface area contributed by atoms with Crippen molar-refractivity contribution in [1.82, 2.24) is 0 Å². The third-order valence-electron chi connectivity index (χ3n) is 3.13. The van der Waals surface area contributed by atoms with Crippen LogP contribution >= 0.6 is 0 Å². The number of hydrogen-bond donors (Lipinski definition) is 2. The van der Waals surface area contributed by atoms with Gasteiger partial charge >= 0.3 is 5.97 Å². The van der Waals surface area contributed by atoms with E-state index in [1.807, 2.05) is 0 Å².